The summed E-state index contributed by atoms with van der Waals surface area (Å²) in [6.45, 7) is 7.92. The van der Waals surface area contributed by atoms with Gasteiger partial charge in [-0.15, -0.1) is 0 Å². The molecule has 0 amide bonds. The number of rotatable bonds is 2. The van der Waals surface area contributed by atoms with Gasteiger partial charge in [-0.1, -0.05) is 20.8 Å². The van der Waals surface area contributed by atoms with Crippen molar-refractivity contribution in [2.75, 3.05) is 6.61 Å². The fourth-order valence-corrected chi connectivity index (χ4v) is 3.98. The van der Waals surface area contributed by atoms with E-state index in [4.69, 9.17) is 4.74 Å². The van der Waals surface area contributed by atoms with Gasteiger partial charge in [-0.2, -0.15) is 0 Å². The van der Waals surface area contributed by atoms with Gasteiger partial charge >= 0.3 is 5.97 Å². The first kappa shape index (κ1) is 12.8. The third kappa shape index (κ3) is 1.13. The molecule has 0 aromatic rings. The molecule has 0 aromatic heterocycles. The number of hydrogen-bond donors (Lipinski definition) is 2. The van der Waals surface area contributed by atoms with Gasteiger partial charge < -0.3 is 14.9 Å². The van der Waals surface area contributed by atoms with Crippen molar-refractivity contribution in [1.82, 2.24) is 0 Å². The molecule has 0 saturated heterocycles. The Morgan fingerprint density at radius 2 is 1.82 bits per heavy atom. The van der Waals surface area contributed by atoms with Crippen molar-refractivity contribution in [3.63, 3.8) is 0 Å². The maximum atomic E-state index is 12.2. The van der Waals surface area contributed by atoms with E-state index in [1.54, 1.807) is 6.92 Å². The molecule has 0 heterocycles. The minimum atomic E-state index is -1.02. The quantitative estimate of drug-likeness (QED) is 0.712. The highest BCUT2D eigenvalue weighted by Gasteiger charge is 2.77. The van der Waals surface area contributed by atoms with E-state index in [0.717, 1.165) is 6.42 Å². The van der Waals surface area contributed by atoms with E-state index in [1.807, 2.05) is 20.8 Å². The molecule has 4 heteroatoms. The van der Waals surface area contributed by atoms with Crippen LogP contribution in [0.5, 0.6) is 0 Å². The topological polar surface area (TPSA) is 66.8 Å². The molecule has 0 radical (unpaired) electrons. The second kappa shape index (κ2) is 3.45. The summed E-state index contributed by atoms with van der Waals surface area (Å²) in [5.41, 5.74) is -1.82. The lowest BCUT2D eigenvalue weighted by Gasteiger charge is -2.39. The predicted octanol–water partition coefficient (Wildman–Crippen LogP) is 1.10. The molecule has 2 N–H and O–H groups in total. The zero-order valence-corrected chi connectivity index (χ0v) is 11.0. The van der Waals surface area contributed by atoms with Crippen molar-refractivity contribution in [1.29, 1.82) is 0 Å². The highest BCUT2D eigenvalue weighted by molar-refractivity contribution is 5.81. The predicted molar refractivity (Wildman–Crippen MR) is 62.2 cm³/mol. The standard InChI is InChI=1S/C13H22O4/c1-5-17-10(16)13-7-6-12(4,11(13,2)3)8(14)9(13)15/h8-9,14-15H,5-7H2,1-4H3/t8-,9-,12-,13-/m0/s1. The highest BCUT2D eigenvalue weighted by atomic mass is 16.5. The lowest BCUT2D eigenvalue weighted by atomic mass is 9.64. The van der Waals surface area contributed by atoms with Gasteiger partial charge in [0.2, 0.25) is 0 Å². The summed E-state index contributed by atoms with van der Waals surface area (Å²) in [5.74, 6) is -0.363. The summed E-state index contributed by atoms with van der Waals surface area (Å²) in [7, 11) is 0. The van der Waals surface area contributed by atoms with Crippen LogP contribution in [0.3, 0.4) is 0 Å². The van der Waals surface area contributed by atoms with Crippen LogP contribution in [0, 0.1) is 16.2 Å². The molecule has 0 aromatic carbocycles. The average Bonchev–Trinajstić information content (AvgIpc) is 2.52. The molecule has 17 heavy (non-hydrogen) atoms. The Bertz CT molecular complexity index is 351. The summed E-state index contributed by atoms with van der Waals surface area (Å²) in [4.78, 5) is 12.2. The van der Waals surface area contributed by atoms with Crippen molar-refractivity contribution >= 4 is 5.97 Å². The molecule has 2 aliphatic rings. The van der Waals surface area contributed by atoms with Crippen molar-refractivity contribution < 1.29 is 19.7 Å². The van der Waals surface area contributed by atoms with E-state index in [1.165, 1.54) is 0 Å². The van der Waals surface area contributed by atoms with Crippen molar-refractivity contribution in [2.45, 2.75) is 52.7 Å². The number of fused-ring (bicyclic) bond motifs is 2. The molecular formula is C13H22O4. The summed E-state index contributed by atoms with van der Waals surface area (Å²) in [5, 5.41) is 20.5. The SMILES string of the molecule is CCOC(=O)[C@]12CC[C@@](C)([C@@H](O)[C@@H]1O)C2(C)C. The van der Waals surface area contributed by atoms with Gasteiger partial charge in [-0.25, -0.2) is 0 Å². The van der Waals surface area contributed by atoms with Crippen LogP contribution in [0.2, 0.25) is 0 Å². The van der Waals surface area contributed by atoms with Crippen molar-refractivity contribution in [3.8, 4) is 0 Å². The van der Waals surface area contributed by atoms with E-state index >= 15 is 0 Å². The van der Waals surface area contributed by atoms with Crippen LogP contribution < -0.4 is 0 Å². The fraction of sp³-hybridized carbons (Fsp3) is 0.923. The molecular weight excluding hydrogens is 220 g/mol. The Kier molecular flexibility index (Phi) is 2.61. The van der Waals surface area contributed by atoms with Crippen LogP contribution >= 0.6 is 0 Å². The Hall–Kier alpha value is -0.610. The first-order chi connectivity index (χ1) is 7.75. The number of hydrogen-bond acceptors (Lipinski definition) is 4. The molecule has 2 fully saturated rings. The van der Waals surface area contributed by atoms with E-state index in [9.17, 15) is 15.0 Å². The Labute approximate surface area is 102 Å². The minimum absolute atomic E-state index is 0.302. The average molecular weight is 242 g/mol. The number of ether oxygens (including phenoxy) is 1. The van der Waals surface area contributed by atoms with Gasteiger partial charge in [0.15, 0.2) is 0 Å². The summed E-state index contributed by atoms with van der Waals surface area (Å²) >= 11 is 0. The molecule has 98 valence electrons. The fourth-order valence-electron chi connectivity index (χ4n) is 3.98. The molecule has 2 rings (SSSR count). The molecule has 2 bridgehead atoms. The third-order valence-electron chi connectivity index (χ3n) is 5.68. The monoisotopic (exact) mass is 242 g/mol. The number of aliphatic hydroxyl groups is 2. The van der Waals surface area contributed by atoms with Crippen molar-refractivity contribution in [3.05, 3.63) is 0 Å². The second-order valence-electron chi connectivity index (χ2n) is 6.12. The number of carbonyl (C=O) groups is 1. The number of aliphatic hydroxyl groups excluding tert-OH is 2. The van der Waals surface area contributed by atoms with Gasteiger partial charge in [-0.05, 0) is 25.2 Å². The summed E-state index contributed by atoms with van der Waals surface area (Å²) in [6.07, 6.45) is -0.532. The zero-order valence-electron chi connectivity index (χ0n) is 11.0. The zero-order chi connectivity index (χ0) is 13.1. The van der Waals surface area contributed by atoms with Gasteiger partial charge in [0.05, 0.1) is 18.8 Å². The molecule has 0 spiro atoms. The summed E-state index contributed by atoms with van der Waals surface area (Å²) < 4.78 is 5.14. The third-order valence-corrected chi connectivity index (χ3v) is 5.68. The number of carbonyl (C=O) groups excluding carboxylic acids is 1. The molecule has 0 aliphatic heterocycles. The van der Waals surface area contributed by atoms with Gasteiger partial charge in [0.1, 0.15) is 5.41 Å². The van der Waals surface area contributed by atoms with Gasteiger partial charge in [-0.3, -0.25) is 4.79 Å². The number of esters is 1. The van der Waals surface area contributed by atoms with E-state index in [0.29, 0.717) is 13.0 Å². The molecule has 4 atom stereocenters. The maximum absolute atomic E-state index is 12.2. The van der Waals surface area contributed by atoms with E-state index in [-0.39, 0.29) is 5.97 Å². The summed E-state index contributed by atoms with van der Waals surface area (Å²) in [6, 6.07) is 0. The lowest BCUT2D eigenvalue weighted by Crippen LogP contribution is -2.49. The van der Waals surface area contributed by atoms with Crippen LogP contribution in [0.4, 0.5) is 0 Å². The van der Waals surface area contributed by atoms with Gasteiger partial charge in [0.25, 0.3) is 0 Å². The van der Waals surface area contributed by atoms with Crippen molar-refractivity contribution in [2.24, 2.45) is 16.2 Å². The first-order valence-electron chi connectivity index (χ1n) is 6.29. The minimum Gasteiger partial charge on any atom is -0.465 e. The Balaban J connectivity index is 2.50. The van der Waals surface area contributed by atoms with E-state index < -0.39 is 28.5 Å². The van der Waals surface area contributed by atoms with Crippen LogP contribution in [0.25, 0.3) is 0 Å². The Morgan fingerprint density at radius 3 is 2.24 bits per heavy atom. The lowest BCUT2D eigenvalue weighted by molar-refractivity contribution is -0.171. The molecule has 2 saturated carbocycles. The Morgan fingerprint density at radius 1 is 1.24 bits per heavy atom. The first-order valence-corrected chi connectivity index (χ1v) is 6.29. The second-order valence-corrected chi connectivity index (χ2v) is 6.12. The molecule has 2 aliphatic carbocycles. The smallest absolute Gasteiger partial charge is 0.315 e. The van der Waals surface area contributed by atoms with Crippen LogP contribution in [-0.2, 0) is 9.53 Å². The maximum Gasteiger partial charge on any atom is 0.315 e. The van der Waals surface area contributed by atoms with Crippen LogP contribution in [0.1, 0.15) is 40.5 Å². The van der Waals surface area contributed by atoms with Gasteiger partial charge in [0, 0.05) is 5.41 Å². The molecule has 0 unspecified atom stereocenters. The normalized spacial score (nSPS) is 47.2. The van der Waals surface area contributed by atoms with Crippen LogP contribution in [0.15, 0.2) is 0 Å². The highest BCUT2D eigenvalue weighted by Crippen LogP contribution is 2.72. The van der Waals surface area contributed by atoms with E-state index in [2.05, 4.69) is 0 Å². The largest absolute Gasteiger partial charge is 0.465 e. The molecule has 4 nitrogen and oxygen atoms in total. The van der Waals surface area contributed by atoms with Crippen LogP contribution in [-0.4, -0.2) is 35.0 Å².